The van der Waals surface area contributed by atoms with Gasteiger partial charge in [-0.05, 0) is 17.9 Å². The van der Waals surface area contributed by atoms with Gasteiger partial charge in [0.15, 0.2) is 11.5 Å². The van der Waals surface area contributed by atoms with E-state index < -0.39 is 5.91 Å². The highest BCUT2D eigenvalue weighted by atomic mass is 32.1. The van der Waals surface area contributed by atoms with Gasteiger partial charge in [-0.25, -0.2) is 9.97 Å². The summed E-state index contributed by atoms with van der Waals surface area (Å²) in [6.07, 6.45) is 2.18. The Balaban J connectivity index is 1.83. The Kier molecular flexibility index (Phi) is 5.61. The Hall–Kier alpha value is -2.34. The molecule has 2 atom stereocenters. The number of aromatic nitrogens is 2. The van der Waals surface area contributed by atoms with Crippen LogP contribution in [0, 0.1) is 0 Å². The van der Waals surface area contributed by atoms with Gasteiger partial charge < -0.3 is 32.6 Å². The summed E-state index contributed by atoms with van der Waals surface area (Å²) in [5.74, 6) is -0.0879. The number of ether oxygens (including phenoxy) is 1. The lowest BCUT2D eigenvalue weighted by Gasteiger charge is -2.29. The number of hydrogen-bond donors (Lipinski definition) is 5. The smallest absolute Gasteiger partial charge is 0.271 e. The number of nitrogen functional groups attached to an aromatic ring is 1. The minimum atomic E-state index is -0.713. The maximum atomic E-state index is 11.7. The molecular formula is C15H19N7O2S2. The Morgan fingerprint density at radius 2 is 2.27 bits per heavy atom. The van der Waals surface area contributed by atoms with Gasteiger partial charge in [0.1, 0.15) is 10.8 Å². The molecule has 0 spiro atoms. The molecule has 1 amide bonds. The van der Waals surface area contributed by atoms with Crippen LogP contribution in [0.2, 0.25) is 0 Å². The van der Waals surface area contributed by atoms with E-state index in [0.717, 1.165) is 6.42 Å². The van der Waals surface area contributed by atoms with E-state index in [1.54, 1.807) is 6.07 Å². The van der Waals surface area contributed by atoms with Crippen LogP contribution in [0.4, 0.5) is 16.6 Å². The number of nitrogens with one attached hydrogen (secondary N) is 2. The van der Waals surface area contributed by atoms with Crippen molar-refractivity contribution in [3.63, 3.8) is 0 Å². The number of hydrogen-bond acceptors (Lipinski definition) is 9. The average Bonchev–Trinajstić information content (AvgIpc) is 3.03. The van der Waals surface area contributed by atoms with E-state index >= 15 is 0 Å². The van der Waals surface area contributed by atoms with E-state index in [1.807, 2.05) is 5.38 Å². The minimum Gasteiger partial charge on any atom is -0.390 e. The number of nitrogens with two attached hydrogens (primary N) is 3. The largest absolute Gasteiger partial charge is 0.390 e. The minimum absolute atomic E-state index is 0.00945. The van der Waals surface area contributed by atoms with E-state index in [9.17, 15) is 4.79 Å². The zero-order valence-electron chi connectivity index (χ0n) is 13.8. The summed E-state index contributed by atoms with van der Waals surface area (Å²) in [5, 5.41) is 8.52. The molecule has 2 aromatic heterocycles. The van der Waals surface area contributed by atoms with Gasteiger partial charge in [-0.2, -0.15) is 0 Å². The normalized spacial score (nSPS) is 19.7. The summed E-state index contributed by atoms with van der Waals surface area (Å²) >= 11 is 6.72. The molecule has 1 aliphatic heterocycles. The average molecular weight is 393 g/mol. The van der Waals surface area contributed by atoms with Gasteiger partial charge in [-0.15, -0.1) is 11.3 Å². The quantitative estimate of drug-likeness (QED) is 0.458. The fraction of sp³-hybridized carbons (Fsp3) is 0.333. The van der Waals surface area contributed by atoms with Crippen molar-refractivity contribution in [2.24, 2.45) is 11.5 Å². The molecule has 0 saturated carbocycles. The molecule has 1 fully saturated rings. The first-order valence-corrected chi connectivity index (χ1v) is 9.15. The number of thiophene rings is 1. The zero-order valence-corrected chi connectivity index (χ0v) is 15.4. The van der Waals surface area contributed by atoms with Crippen LogP contribution in [0.25, 0.3) is 0 Å². The zero-order chi connectivity index (χ0) is 18.7. The van der Waals surface area contributed by atoms with Crippen LogP contribution >= 0.6 is 23.6 Å². The Labute approximate surface area is 159 Å². The van der Waals surface area contributed by atoms with Gasteiger partial charge in [0.05, 0.1) is 17.8 Å². The number of rotatable bonds is 5. The number of carbonyl (C=O) groups is 1. The molecule has 8 N–H and O–H groups in total. The predicted octanol–water partition coefficient (Wildman–Crippen LogP) is 0.535. The molecule has 138 valence electrons. The maximum absolute atomic E-state index is 11.7. The Morgan fingerprint density at radius 1 is 1.46 bits per heavy atom. The molecule has 11 heteroatoms. The number of nitrogens with zero attached hydrogens (tertiary/aromatic N) is 2. The van der Waals surface area contributed by atoms with Crippen molar-refractivity contribution in [3.05, 3.63) is 28.9 Å². The topological polar surface area (TPSA) is 154 Å². The summed E-state index contributed by atoms with van der Waals surface area (Å²) < 4.78 is 5.33. The van der Waals surface area contributed by atoms with Crippen LogP contribution in [-0.4, -0.2) is 46.2 Å². The molecule has 0 radical (unpaired) electrons. The van der Waals surface area contributed by atoms with Gasteiger partial charge >= 0.3 is 0 Å². The van der Waals surface area contributed by atoms with Crippen molar-refractivity contribution in [3.8, 4) is 0 Å². The fourth-order valence-corrected chi connectivity index (χ4v) is 3.53. The van der Waals surface area contributed by atoms with E-state index in [2.05, 4.69) is 20.6 Å². The van der Waals surface area contributed by atoms with Crippen molar-refractivity contribution in [2.45, 2.75) is 18.5 Å². The first-order valence-electron chi connectivity index (χ1n) is 7.86. The molecule has 0 aliphatic carbocycles. The first kappa shape index (κ1) is 18.5. The molecule has 1 saturated heterocycles. The molecule has 0 aromatic carbocycles. The lowest BCUT2D eigenvalue weighted by atomic mass is 10.0. The van der Waals surface area contributed by atoms with Crippen molar-refractivity contribution in [1.82, 2.24) is 9.97 Å². The molecule has 1 aliphatic rings. The monoisotopic (exact) mass is 393 g/mol. The lowest BCUT2D eigenvalue weighted by molar-refractivity contribution is 0.0752. The highest BCUT2D eigenvalue weighted by molar-refractivity contribution is 7.81. The summed E-state index contributed by atoms with van der Waals surface area (Å²) in [5.41, 5.74) is 18.0. The van der Waals surface area contributed by atoms with Gasteiger partial charge in [-0.3, -0.25) is 4.79 Å². The van der Waals surface area contributed by atoms with Crippen molar-refractivity contribution < 1.29 is 9.53 Å². The van der Waals surface area contributed by atoms with Gasteiger partial charge in [-0.1, -0.05) is 12.2 Å². The van der Waals surface area contributed by atoms with Crippen LogP contribution in [0.5, 0.6) is 0 Å². The van der Waals surface area contributed by atoms with E-state index in [4.69, 9.17) is 34.2 Å². The SMILES string of the molecule is NC(=O)c1ncc(N[C@@H]2CCOC[C@@H]2N)nc1NC(=S)c1ccsc1N. The van der Waals surface area contributed by atoms with Crippen LogP contribution in [0.1, 0.15) is 22.5 Å². The van der Waals surface area contributed by atoms with Crippen LogP contribution in [0.15, 0.2) is 17.6 Å². The second-order valence-electron chi connectivity index (χ2n) is 5.75. The Morgan fingerprint density at radius 3 is 2.92 bits per heavy atom. The van der Waals surface area contributed by atoms with Crippen LogP contribution in [0.3, 0.4) is 0 Å². The van der Waals surface area contributed by atoms with Crippen molar-refractivity contribution in [2.75, 3.05) is 29.6 Å². The fourth-order valence-electron chi connectivity index (χ4n) is 2.54. The third kappa shape index (κ3) is 4.07. The van der Waals surface area contributed by atoms with Gasteiger partial charge in [0, 0.05) is 24.3 Å². The lowest BCUT2D eigenvalue weighted by Crippen LogP contribution is -2.47. The van der Waals surface area contributed by atoms with E-state index in [0.29, 0.717) is 34.6 Å². The second kappa shape index (κ2) is 7.91. The molecule has 26 heavy (non-hydrogen) atoms. The number of anilines is 3. The van der Waals surface area contributed by atoms with E-state index in [1.165, 1.54) is 17.5 Å². The van der Waals surface area contributed by atoms with Crippen LogP contribution in [-0.2, 0) is 4.74 Å². The number of thiocarbonyl (C=S) groups is 1. The standard InChI is InChI=1S/C15H19N7O2S2/c16-8-6-24-3-1-9(8)20-10-5-19-11(12(17)23)14(21-10)22-15(25)7-2-4-26-13(7)18/h2,4-5,8-9H,1,3,6,16,18H2,(H2,17,23)(H2,20,21,22,25)/t8-,9+/m0/s1. The maximum Gasteiger partial charge on any atom is 0.271 e. The van der Waals surface area contributed by atoms with Gasteiger partial charge in [0.2, 0.25) is 0 Å². The molecule has 9 nitrogen and oxygen atoms in total. The summed E-state index contributed by atoms with van der Waals surface area (Å²) in [6.45, 7) is 1.09. The second-order valence-corrected chi connectivity index (χ2v) is 7.10. The van der Waals surface area contributed by atoms with Gasteiger partial charge in [0.25, 0.3) is 5.91 Å². The molecule has 2 aromatic rings. The summed E-state index contributed by atoms with van der Waals surface area (Å²) in [4.78, 5) is 20.5. The molecule has 0 bridgehead atoms. The molecule has 3 heterocycles. The third-order valence-electron chi connectivity index (χ3n) is 3.91. The number of amides is 1. The number of primary amides is 1. The summed E-state index contributed by atoms with van der Waals surface area (Å²) in [6, 6.07) is 1.62. The summed E-state index contributed by atoms with van der Waals surface area (Å²) in [7, 11) is 0. The molecule has 3 rings (SSSR count). The van der Waals surface area contributed by atoms with E-state index in [-0.39, 0.29) is 23.6 Å². The van der Waals surface area contributed by atoms with Crippen LogP contribution < -0.4 is 27.8 Å². The molecule has 0 unspecified atom stereocenters. The first-order chi connectivity index (χ1) is 12.5. The highest BCUT2D eigenvalue weighted by Crippen LogP contribution is 2.22. The highest BCUT2D eigenvalue weighted by Gasteiger charge is 2.23. The van der Waals surface area contributed by atoms with Crippen molar-refractivity contribution in [1.29, 1.82) is 0 Å². The predicted molar refractivity (Wildman–Crippen MR) is 105 cm³/mol. The molecular weight excluding hydrogens is 374 g/mol. The van der Waals surface area contributed by atoms with Crippen molar-refractivity contribution >= 4 is 51.1 Å². The number of carbonyl (C=O) groups excluding carboxylic acids is 1. The Bertz CT molecular complexity index is 826. The third-order valence-corrected chi connectivity index (χ3v) is 4.98.